The van der Waals surface area contributed by atoms with Crippen molar-refractivity contribution in [2.24, 2.45) is 10.2 Å². The highest BCUT2D eigenvalue weighted by atomic mass is 35.5. The molecule has 1 heterocycles. The Morgan fingerprint density at radius 2 is 1.79 bits per heavy atom. The van der Waals surface area contributed by atoms with Gasteiger partial charge in [-0.1, -0.05) is 53.5 Å². The van der Waals surface area contributed by atoms with E-state index in [0.717, 1.165) is 11.6 Å². The average molecular weight is 499 g/mol. The average Bonchev–Trinajstić information content (AvgIpc) is 3.09. The van der Waals surface area contributed by atoms with Gasteiger partial charge in [0.2, 0.25) is 5.88 Å². The molecule has 3 aromatic carbocycles. The van der Waals surface area contributed by atoms with Crippen molar-refractivity contribution in [1.82, 2.24) is 9.88 Å². The predicted molar refractivity (Wildman–Crippen MR) is 127 cm³/mol. The van der Waals surface area contributed by atoms with E-state index in [1.807, 2.05) is 0 Å². The molecular weight excluding hydrogens is 482 g/mol. The number of fused-ring (bicyclic) bond motifs is 1. The van der Waals surface area contributed by atoms with Crippen molar-refractivity contribution in [1.29, 1.82) is 0 Å². The van der Waals surface area contributed by atoms with E-state index in [4.69, 9.17) is 23.2 Å². The Balaban J connectivity index is 1.53. The van der Waals surface area contributed by atoms with E-state index in [-0.39, 0.29) is 23.7 Å². The zero-order valence-corrected chi connectivity index (χ0v) is 19.0. The zero-order chi connectivity index (χ0) is 24.2. The summed E-state index contributed by atoms with van der Waals surface area (Å²) in [5.41, 5.74) is 1.66. The molecule has 2 N–H and O–H groups in total. The fraction of sp³-hybridized carbons (Fsp3) is 0.0833. The second-order valence-electron chi connectivity index (χ2n) is 7.31. The van der Waals surface area contributed by atoms with E-state index in [1.165, 1.54) is 18.2 Å². The Morgan fingerprint density at radius 3 is 2.56 bits per heavy atom. The molecule has 0 aliphatic carbocycles. The van der Waals surface area contributed by atoms with Crippen LogP contribution in [0.3, 0.4) is 0 Å². The second kappa shape index (κ2) is 10.0. The highest BCUT2D eigenvalue weighted by molar-refractivity contribution is 6.42. The molecule has 0 unspecified atom stereocenters. The lowest BCUT2D eigenvalue weighted by Gasteiger charge is -2.08. The van der Waals surface area contributed by atoms with Gasteiger partial charge >= 0.3 is 0 Å². The lowest BCUT2D eigenvalue weighted by Crippen LogP contribution is -2.28. The Bertz CT molecular complexity index is 1440. The van der Waals surface area contributed by atoms with Gasteiger partial charge in [-0.05, 0) is 42.0 Å². The molecule has 0 fully saturated rings. The molecule has 10 heteroatoms. The molecule has 0 aliphatic rings. The Labute approximate surface area is 203 Å². The van der Waals surface area contributed by atoms with Gasteiger partial charge in [-0.2, -0.15) is 0 Å². The first-order chi connectivity index (χ1) is 16.3. The van der Waals surface area contributed by atoms with Crippen LogP contribution in [-0.4, -0.2) is 28.0 Å². The third kappa shape index (κ3) is 5.08. The van der Waals surface area contributed by atoms with E-state index in [0.29, 0.717) is 20.9 Å². The van der Waals surface area contributed by atoms with Gasteiger partial charge < -0.3 is 15.0 Å². The molecule has 0 saturated heterocycles. The maximum Gasteiger partial charge on any atom is 0.283 e. The quantitative estimate of drug-likeness (QED) is 0.324. The van der Waals surface area contributed by atoms with Crippen LogP contribution in [0.2, 0.25) is 10.0 Å². The first kappa shape index (κ1) is 23.4. The molecule has 0 spiro atoms. The van der Waals surface area contributed by atoms with Crippen LogP contribution in [0, 0.1) is 5.82 Å². The summed E-state index contributed by atoms with van der Waals surface area (Å²) in [7, 11) is 0. The molecule has 1 aromatic heterocycles. The van der Waals surface area contributed by atoms with Gasteiger partial charge in [0, 0.05) is 10.9 Å². The molecule has 2 amide bonds. The summed E-state index contributed by atoms with van der Waals surface area (Å²) < 4.78 is 14.9. The lowest BCUT2D eigenvalue weighted by atomic mass is 10.2. The smallest absolute Gasteiger partial charge is 0.283 e. The van der Waals surface area contributed by atoms with Crippen LogP contribution in [0.4, 0.5) is 10.1 Å². The van der Waals surface area contributed by atoms with Crippen LogP contribution in [0.25, 0.3) is 10.9 Å². The van der Waals surface area contributed by atoms with Gasteiger partial charge in [0.15, 0.2) is 5.69 Å². The highest BCUT2D eigenvalue weighted by Gasteiger charge is 2.17. The topological polar surface area (TPSA) is 96.1 Å². The summed E-state index contributed by atoms with van der Waals surface area (Å²) in [6, 6.07) is 17.3. The molecular formula is C24H17Cl2FN4O3. The maximum absolute atomic E-state index is 13.3. The van der Waals surface area contributed by atoms with Gasteiger partial charge in [0.05, 0.1) is 22.1 Å². The van der Waals surface area contributed by atoms with Crippen LogP contribution in [-0.2, 0) is 11.3 Å². The van der Waals surface area contributed by atoms with E-state index in [1.54, 1.807) is 47.0 Å². The molecule has 4 aromatic rings. The number of halogens is 3. The zero-order valence-electron chi connectivity index (χ0n) is 17.5. The molecule has 0 saturated carbocycles. The summed E-state index contributed by atoms with van der Waals surface area (Å²) in [4.78, 5) is 24.2. The van der Waals surface area contributed by atoms with Crippen LogP contribution >= 0.6 is 23.2 Å². The van der Waals surface area contributed by atoms with Crippen molar-refractivity contribution in [2.45, 2.75) is 6.54 Å². The summed E-state index contributed by atoms with van der Waals surface area (Å²) in [5.74, 6) is -2.12. The van der Waals surface area contributed by atoms with Crippen LogP contribution in [0.5, 0.6) is 5.88 Å². The van der Waals surface area contributed by atoms with Crippen LogP contribution in [0.1, 0.15) is 15.9 Å². The number of nitrogens with one attached hydrogen (secondary N) is 1. The standard InChI is InChI=1S/C24H17Cl2FN4O3/c25-18-9-8-14(10-19(18)26)13-31-20-7-2-1-6-17(20)22(24(31)34)30-29-21(32)12-28-23(33)15-4-3-5-16(27)11-15/h1-11,34H,12-13H2,(H,28,33). The minimum Gasteiger partial charge on any atom is -0.493 e. The number of aromatic nitrogens is 1. The Morgan fingerprint density at radius 1 is 1.00 bits per heavy atom. The van der Waals surface area contributed by atoms with Crippen LogP contribution in [0.15, 0.2) is 77.0 Å². The Kier molecular flexibility index (Phi) is 6.90. The lowest BCUT2D eigenvalue weighted by molar-refractivity contribution is -0.117. The normalized spacial score (nSPS) is 11.3. The number of para-hydroxylation sites is 1. The minimum absolute atomic E-state index is 0.0766. The fourth-order valence-corrected chi connectivity index (χ4v) is 3.70. The number of carbonyl (C=O) groups is 2. The Hall–Kier alpha value is -3.75. The molecule has 0 bridgehead atoms. The van der Waals surface area contributed by atoms with Crippen molar-refractivity contribution in [3.05, 3.63) is 93.7 Å². The number of hydrogen-bond acceptors (Lipinski definition) is 4. The number of aromatic hydroxyl groups is 1. The van der Waals surface area contributed by atoms with E-state index in [9.17, 15) is 19.1 Å². The molecule has 172 valence electrons. The van der Waals surface area contributed by atoms with E-state index >= 15 is 0 Å². The van der Waals surface area contributed by atoms with Crippen molar-refractivity contribution < 1.29 is 19.1 Å². The molecule has 0 aliphatic heterocycles. The summed E-state index contributed by atoms with van der Waals surface area (Å²) in [6.07, 6.45) is 0. The number of benzene rings is 3. The molecule has 34 heavy (non-hydrogen) atoms. The van der Waals surface area contributed by atoms with Crippen molar-refractivity contribution in [2.75, 3.05) is 6.54 Å². The number of hydrogen-bond donors (Lipinski definition) is 2. The monoisotopic (exact) mass is 498 g/mol. The molecule has 4 rings (SSSR count). The van der Waals surface area contributed by atoms with E-state index < -0.39 is 24.2 Å². The molecule has 0 atom stereocenters. The second-order valence-corrected chi connectivity index (χ2v) is 8.13. The molecule has 0 radical (unpaired) electrons. The third-order valence-electron chi connectivity index (χ3n) is 4.99. The highest BCUT2D eigenvalue weighted by Crippen LogP contribution is 2.39. The predicted octanol–water partition coefficient (Wildman–Crippen LogP) is 5.88. The number of amides is 2. The van der Waals surface area contributed by atoms with Gasteiger partial charge in [0.1, 0.15) is 12.4 Å². The number of rotatable bonds is 6. The van der Waals surface area contributed by atoms with Gasteiger partial charge in [-0.15, -0.1) is 10.2 Å². The summed E-state index contributed by atoms with van der Waals surface area (Å²) in [6.45, 7) is -0.169. The first-order valence-corrected chi connectivity index (χ1v) is 10.8. The number of azo groups is 1. The SMILES string of the molecule is O=C(CNC(=O)c1cccc(F)c1)N=Nc1c(O)n(Cc2ccc(Cl)c(Cl)c2)c2ccccc12. The maximum atomic E-state index is 13.3. The van der Waals surface area contributed by atoms with Crippen molar-refractivity contribution in [3.63, 3.8) is 0 Å². The first-order valence-electron chi connectivity index (χ1n) is 10.1. The van der Waals surface area contributed by atoms with Crippen molar-refractivity contribution in [3.8, 4) is 5.88 Å². The summed E-state index contributed by atoms with van der Waals surface area (Å²) in [5, 5.41) is 22.2. The third-order valence-corrected chi connectivity index (χ3v) is 5.73. The number of nitrogens with zero attached hydrogens (tertiary/aromatic N) is 3. The fourth-order valence-electron chi connectivity index (χ4n) is 3.38. The van der Waals surface area contributed by atoms with E-state index in [2.05, 4.69) is 15.5 Å². The largest absolute Gasteiger partial charge is 0.493 e. The van der Waals surface area contributed by atoms with Crippen molar-refractivity contribution >= 4 is 51.6 Å². The minimum atomic E-state index is -0.745. The van der Waals surface area contributed by atoms with Gasteiger partial charge in [-0.3, -0.25) is 9.59 Å². The summed E-state index contributed by atoms with van der Waals surface area (Å²) >= 11 is 12.1. The van der Waals surface area contributed by atoms with Crippen LogP contribution < -0.4 is 5.32 Å². The van der Waals surface area contributed by atoms with Gasteiger partial charge in [0.25, 0.3) is 11.8 Å². The number of carbonyl (C=O) groups excluding carboxylic acids is 2. The van der Waals surface area contributed by atoms with Gasteiger partial charge in [-0.25, -0.2) is 4.39 Å². The molecule has 7 nitrogen and oxygen atoms in total.